The van der Waals surface area contributed by atoms with Crippen LogP contribution in [-0.4, -0.2) is 24.1 Å². The number of carbonyl (C=O) groups is 1. The van der Waals surface area contributed by atoms with Gasteiger partial charge in [-0.15, -0.1) is 0 Å². The van der Waals surface area contributed by atoms with E-state index in [0.29, 0.717) is 17.9 Å². The van der Waals surface area contributed by atoms with Crippen molar-refractivity contribution in [1.82, 2.24) is 9.88 Å². The Labute approximate surface area is 113 Å². The molecule has 1 aromatic heterocycles. The predicted octanol–water partition coefficient (Wildman–Crippen LogP) is 2.32. The molecule has 0 saturated heterocycles. The molecule has 1 amide bonds. The Bertz CT molecular complexity index is 521. The number of hydrogen-bond donors (Lipinski definition) is 1. The molecule has 4 nitrogen and oxygen atoms in total. The van der Waals surface area contributed by atoms with E-state index >= 15 is 0 Å². The molecule has 2 rings (SSSR count). The van der Waals surface area contributed by atoms with Gasteiger partial charge in [-0.1, -0.05) is 6.07 Å². The largest absolute Gasteiger partial charge is 0.497 e. The second-order valence-corrected chi connectivity index (χ2v) is 4.26. The van der Waals surface area contributed by atoms with E-state index in [4.69, 9.17) is 4.74 Å². The number of nitrogens with one attached hydrogen (secondary N) is 1. The van der Waals surface area contributed by atoms with Crippen LogP contribution in [0.15, 0.2) is 48.8 Å². The first-order valence-electron chi connectivity index (χ1n) is 6.32. The Balaban J connectivity index is 1.77. The summed E-state index contributed by atoms with van der Waals surface area (Å²) in [5.41, 5.74) is 0.625. The highest BCUT2D eigenvalue weighted by molar-refractivity contribution is 5.94. The lowest BCUT2D eigenvalue weighted by atomic mass is 10.2. The summed E-state index contributed by atoms with van der Waals surface area (Å²) in [6, 6.07) is 11.1. The molecular weight excluding hydrogens is 240 g/mol. The number of benzene rings is 1. The normalized spacial score (nSPS) is 10.2. The maximum Gasteiger partial charge on any atom is 0.251 e. The van der Waals surface area contributed by atoms with E-state index < -0.39 is 0 Å². The van der Waals surface area contributed by atoms with Crippen molar-refractivity contribution >= 4 is 5.91 Å². The molecule has 4 heteroatoms. The topological polar surface area (TPSA) is 43.3 Å². The minimum absolute atomic E-state index is 0.0635. The quantitative estimate of drug-likeness (QED) is 0.808. The van der Waals surface area contributed by atoms with Crippen molar-refractivity contribution in [2.75, 3.05) is 13.7 Å². The molecule has 0 saturated carbocycles. The molecule has 0 aliphatic rings. The van der Waals surface area contributed by atoms with Gasteiger partial charge in [0.2, 0.25) is 0 Å². The molecular formula is C15H18N2O2. The molecule has 0 unspecified atom stereocenters. The number of amides is 1. The van der Waals surface area contributed by atoms with Crippen LogP contribution in [0.5, 0.6) is 5.75 Å². The van der Waals surface area contributed by atoms with E-state index in [0.717, 1.165) is 13.0 Å². The zero-order valence-corrected chi connectivity index (χ0v) is 11.0. The number of ether oxygens (including phenoxy) is 1. The fraction of sp³-hybridized carbons (Fsp3) is 0.267. The summed E-state index contributed by atoms with van der Waals surface area (Å²) >= 11 is 0. The standard InChI is InChI=1S/C15H18N2O2/c1-19-14-7-4-6-13(12-14)15(18)16-8-5-11-17-9-2-3-10-17/h2-4,6-7,9-10,12H,5,8,11H2,1H3,(H,16,18). The van der Waals surface area contributed by atoms with Crippen LogP contribution in [-0.2, 0) is 6.54 Å². The van der Waals surface area contributed by atoms with Crippen molar-refractivity contribution in [3.63, 3.8) is 0 Å². The van der Waals surface area contributed by atoms with Crippen LogP contribution in [0.2, 0.25) is 0 Å². The van der Waals surface area contributed by atoms with Gasteiger partial charge in [-0.2, -0.15) is 0 Å². The molecule has 0 radical (unpaired) electrons. The third-order valence-corrected chi connectivity index (χ3v) is 2.88. The van der Waals surface area contributed by atoms with E-state index in [9.17, 15) is 4.79 Å². The minimum atomic E-state index is -0.0635. The highest BCUT2D eigenvalue weighted by Crippen LogP contribution is 2.12. The Morgan fingerprint density at radius 3 is 2.79 bits per heavy atom. The molecule has 0 spiro atoms. The molecule has 0 fully saturated rings. The van der Waals surface area contributed by atoms with Crippen LogP contribution in [0.4, 0.5) is 0 Å². The zero-order valence-electron chi connectivity index (χ0n) is 11.0. The van der Waals surface area contributed by atoms with E-state index in [1.54, 1.807) is 19.2 Å². The summed E-state index contributed by atoms with van der Waals surface area (Å²) in [6.07, 6.45) is 4.94. The zero-order chi connectivity index (χ0) is 13.5. The van der Waals surface area contributed by atoms with E-state index in [1.807, 2.05) is 36.7 Å². The van der Waals surface area contributed by atoms with E-state index in [2.05, 4.69) is 9.88 Å². The molecule has 0 aliphatic carbocycles. The van der Waals surface area contributed by atoms with Crippen molar-refractivity contribution in [3.05, 3.63) is 54.4 Å². The summed E-state index contributed by atoms with van der Waals surface area (Å²) in [5.74, 6) is 0.631. The van der Waals surface area contributed by atoms with Crippen LogP contribution >= 0.6 is 0 Å². The van der Waals surface area contributed by atoms with Crippen molar-refractivity contribution in [1.29, 1.82) is 0 Å². The average Bonchev–Trinajstić information content (AvgIpc) is 2.96. The number of methoxy groups -OCH3 is 1. The lowest BCUT2D eigenvalue weighted by Crippen LogP contribution is -2.25. The maximum atomic E-state index is 11.9. The lowest BCUT2D eigenvalue weighted by Gasteiger charge is -2.07. The van der Waals surface area contributed by atoms with Gasteiger partial charge < -0.3 is 14.6 Å². The molecule has 100 valence electrons. The Hall–Kier alpha value is -2.23. The number of aryl methyl sites for hydroxylation is 1. The molecule has 19 heavy (non-hydrogen) atoms. The first-order valence-corrected chi connectivity index (χ1v) is 6.32. The van der Waals surface area contributed by atoms with Gasteiger partial charge in [0.05, 0.1) is 7.11 Å². The predicted molar refractivity (Wildman–Crippen MR) is 74.4 cm³/mol. The van der Waals surface area contributed by atoms with Gasteiger partial charge in [-0.05, 0) is 36.8 Å². The Morgan fingerprint density at radius 2 is 2.05 bits per heavy atom. The molecule has 0 atom stereocenters. The summed E-state index contributed by atoms with van der Waals surface area (Å²) in [7, 11) is 1.59. The first kappa shape index (κ1) is 13.2. The first-order chi connectivity index (χ1) is 9.29. The van der Waals surface area contributed by atoms with Crippen LogP contribution in [0.3, 0.4) is 0 Å². The molecule has 1 heterocycles. The number of carbonyl (C=O) groups excluding carboxylic acids is 1. The van der Waals surface area contributed by atoms with Gasteiger partial charge in [0.25, 0.3) is 5.91 Å². The minimum Gasteiger partial charge on any atom is -0.497 e. The van der Waals surface area contributed by atoms with Crippen molar-refractivity contribution in [2.24, 2.45) is 0 Å². The molecule has 1 N–H and O–H groups in total. The van der Waals surface area contributed by atoms with Gasteiger partial charge in [0.15, 0.2) is 0 Å². The summed E-state index contributed by atoms with van der Waals surface area (Å²) in [6.45, 7) is 1.57. The average molecular weight is 258 g/mol. The molecule has 0 aliphatic heterocycles. The van der Waals surface area contributed by atoms with Gasteiger partial charge in [-0.3, -0.25) is 4.79 Å². The van der Waals surface area contributed by atoms with Crippen LogP contribution < -0.4 is 10.1 Å². The van der Waals surface area contributed by atoms with Crippen LogP contribution in [0.1, 0.15) is 16.8 Å². The fourth-order valence-electron chi connectivity index (χ4n) is 1.85. The monoisotopic (exact) mass is 258 g/mol. The van der Waals surface area contributed by atoms with Gasteiger partial charge >= 0.3 is 0 Å². The Kier molecular flexibility index (Phi) is 4.61. The lowest BCUT2D eigenvalue weighted by molar-refractivity contribution is 0.0952. The van der Waals surface area contributed by atoms with Crippen molar-refractivity contribution in [2.45, 2.75) is 13.0 Å². The second kappa shape index (κ2) is 6.64. The van der Waals surface area contributed by atoms with Crippen LogP contribution in [0, 0.1) is 0 Å². The number of aromatic nitrogens is 1. The highest BCUT2D eigenvalue weighted by Gasteiger charge is 2.05. The highest BCUT2D eigenvalue weighted by atomic mass is 16.5. The SMILES string of the molecule is COc1cccc(C(=O)NCCCn2cccc2)c1. The Morgan fingerprint density at radius 1 is 1.26 bits per heavy atom. The summed E-state index contributed by atoms with van der Waals surface area (Å²) < 4.78 is 7.19. The third kappa shape index (κ3) is 3.88. The van der Waals surface area contributed by atoms with E-state index in [1.165, 1.54) is 0 Å². The second-order valence-electron chi connectivity index (χ2n) is 4.26. The fourth-order valence-corrected chi connectivity index (χ4v) is 1.85. The van der Waals surface area contributed by atoms with Gasteiger partial charge in [0.1, 0.15) is 5.75 Å². The maximum absolute atomic E-state index is 11.9. The number of hydrogen-bond acceptors (Lipinski definition) is 2. The van der Waals surface area contributed by atoms with Gasteiger partial charge in [-0.25, -0.2) is 0 Å². The number of nitrogens with zero attached hydrogens (tertiary/aromatic N) is 1. The molecule has 2 aromatic rings. The summed E-state index contributed by atoms with van der Waals surface area (Å²) in [4.78, 5) is 11.9. The molecule has 1 aromatic carbocycles. The smallest absolute Gasteiger partial charge is 0.251 e. The van der Waals surface area contributed by atoms with Gasteiger partial charge in [0, 0.05) is 31.0 Å². The van der Waals surface area contributed by atoms with Crippen LogP contribution in [0.25, 0.3) is 0 Å². The summed E-state index contributed by atoms with van der Waals surface area (Å²) in [5, 5.41) is 2.90. The molecule has 0 bridgehead atoms. The van der Waals surface area contributed by atoms with Crippen molar-refractivity contribution < 1.29 is 9.53 Å². The van der Waals surface area contributed by atoms with E-state index in [-0.39, 0.29) is 5.91 Å². The van der Waals surface area contributed by atoms with Crippen molar-refractivity contribution in [3.8, 4) is 5.75 Å². The third-order valence-electron chi connectivity index (χ3n) is 2.88. The number of rotatable bonds is 6.